The molecule has 0 radical (unpaired) electrons. The van der Waals surface area contributed by atoms with Gasteiger partial charge in [-0.1, -0.05) is 18.2 Å². The van der Waals surface area contributed by atoms with Crippen LogP contribution in [0.25, 0.3) is 0 Å². The van der Waals surface area contributed by atoms with Crippen LogP contribution in [-0.2, 0) is 0 Å². The van der Waals surface area contributed by atoms with Crippen LogP contribution in [0.5, 0.6) is 5.75 Å². The number of non-ortho nitro benzene ring substituents is 1. The molecule has 1 heterocycles. The minimum absolute atomic E-state index is 0.0933. The first-order valence-corrected chi connectivity index (χ1v) is 8.50. The number of hydrogen-bond donors (Lipinski definition) is 0. The van der Waals surface area contributed by atoms with Crippen LogP contribution in [0.4, 0.5) is 11.4 Å². The number of para-hydroxylation sites is 2. The average Bonchev–Trinajstić information content (AvgIpc) is 2.66. The zero-order chi connectivity index (χ0) is 18.7. The molecule has 0 fully saturated rings. The molecule has 136 valence electrons. The van der Waals surface area contributed by atoms with Gasteiger partial charge in [-0.25, -0.2) is 0 Å². The third-order valence-electron chi connectivity index (χ3n) is 4.43. The van der Waals surface area contributed by atoms with Crippen molar-refractivity contribution in [3.8, 4) is 5.75 Å². The first-order chi connectivity index (χ1) is 12.5. The fourth-order valence-corrected chi connectivity index (χ4v) is 3.13. The van der Waals surface area contributed by atoms with Gasteiger partial charge in [-0.2, -0.15) is 0 Å². The maximum atomic E-state index is 12.6. The number of carbonyl (C=O) groups excluding carboxylic acids is 1. The summed E-state index contributed by atoms with van der Waals surface area (Å²) in [5.74, 6) is 0.543. The fourth-order valence-electron chi connectivity index (χ4n) is 3.13. The minimum atomic E-state index is -0.503. The number of ether oxygens (including phenoxy) is 1. The molecule has 1 aliphatic heterocycles. The summed E-state index contributed by atoms with van der Waals surface area (Å²) in [4.78, 5) is 26.8. The number of nitro groups is 1. The van der Waals surface area contributed by atoms with E-state index in [4.69, 9.17) is 4.74 Å². The Labute approximate surface area is 151 Å². The summed E-state index contributed by atoms with van der Waals surface area (Å²) in [6.45, 7) is 4.00. The predicted octanol–water partition coefficient (Wildman–Crippen LogP) is 2.95. The van der Waals surface area contributed by atoms with E-state index >= 15 is 0 Å². The molecule has 0 saturated heterocycles. The van der Waals surface area contributed by atoms with Gasteiger partial charge >= 0.3 is 0 Å². The maximum absolute atomic E-state index is 12.6. The lowest BCUT2D eigenvalue weighted by atomic mass is 10.1. The van der Waals surface area contributed by atoms with E-state index in [1.54, 1.807) is 18.0 Å². The lowest BCUT2D eigenvalue weighted by Crippen LogP contribution is -2.46. The largest absolute Gasteiger partial charge is 0.485 e. The van der Waals surface area contributed by atoms with Crippen molar-refractivity contribution >= 4 is 17.3 Å². The van der Waals surface area contributed by atoms with Crippen molar-refractivity contribution in [1.29, 1.82) is 0 Å². The van der Waals surface area contributed by atoms with E-state index in [2.05, 4.69) is 11.8 Å². The summed E-state index contributed by atoms with van der Waals surface area (Å²) in [7, 11) is 1.68. The molecule has 26 heavy (non-hydrogen) atoms. The normalized spacial score (nSPS) is 15.8. The van der Waals surface area contributed by atoms with Crippen molar-refractivity contribution in [2.75, 3.05) is 31.6 Å². The van der Waals surface area contributed by atoms with Crippen molar-refractivity contribution in [1.82, 2.24) is 4.90 Å². The van der Waals surface area contributed by atoms with Crippen LogP contribution in [0.15, 0.2) is 48.5 Å². The quantitative estimate of drug-likeness (QED) is 0.609. The van der Waals surface area contributed by atoms with Gasteiger partial charge < -0.3 is 14.5 Å². The number of benzene rings is 2. The van der Waals surface area contributed by atoms with Crippen molar-refractivity contribution < 1.29 is 14.5 Å². The number of nitro benzene ring substituents is 1. The zero-order valence-corrected chi connectivity index (χ0v) is 14.8. The molecule has 0 bridgehead atoms. The fraction of sp³-hybridized carbons (Fsp3) is 0.316. The van der Waals surface area contributed by atoms with E-state index in [1.807, 2.05) is 24.3 Å². The Balaban J connectivity index is 1.72. The van der Waals surface area contributed by atoms with E-state index in [0.717, 1.165) is 18.0 Å². The van der Waals surface area contributed by atoms with E-state index in [0.29, 0.717) is 18.7 Å². The third kappa shape index (κ3) is 3.61. The highest BCUT2D eigenvalue weighted by Gasteiger charge is 2.27. The number of rotatable bonds is 5. The van der Waals surface area contributed by atoms with Gasteiger partial charge in [0.05, 0.1) is 23.7 Å². The Kier molecular flexibility index (Phi) is 5.06. The first-order valence-electron chi connectivity index (χ1n) is 8.50. The smallest absolute Gasteiger partial charge is 0.270 e. The predicted molar refractivity (Wildman–Crippen MR) is 98.8 cm³/mol. The SMILES string of the molecule is CCN1CC(CN(C)C(=O)c2cccc([N+](=O)[O-])c2)Oc2ccccc21. The molecular formula is C19H21N3O4. The molecule has 1 atom stereocenters. The first kappa shape index (κ1) is 17.7. The molecule has 0 N–H and O–H groups in total. The zero-order valence-electron chi connectivity index (χ0n) is 14.8. The summed E-state index contributed by atoms with van der Waals surface area (Å²) in [6.07, 6.45) is -0.169. The second-order valence-electron chi connectivity index (χ2n) is 6.24. The monoisotopic (exact) mass is 355 g/mol. The van der Waals surface area contributed by atoms with Gasteiger partial charge in [-0.3, -0.25) is 14.9 Å². The van der Waals surface area contributed by atoms with Gasteiger partial charge in [0.2, 0.25) is 0 Å². The standard InChI is InChI=1S/C19H21N3O4/c1-3-21-13-16(26-18-10-5-4-9-17(18)21)12-20(2)19(23)14-7-6-8-15(11-14)22(24)25/h4-11,16H,3,12-13H2,1-2H3. The average molecular weight is 355 g/mol. The number of anilines is 1. The van der Waals surface area contributed by atoms with Gasteiger partial charge in [0.25, 0.3) is 11.6 Å². The number of fused-ring (bicyclic) bond motifs is 1. The van der Waals surface area contributed by atoms with Crippen LogP contribution < -0.4 is 9.64 Å². The van der Waals surface area contributed by atoms with Crippen molar-refractivity contribution in [3.63, 3.8) is 0 Å². The summed E-state index contributed by atoms with van der Waals surface area (Å²) < 4.78 is 6.04. The Morgan fingerprint density at radius 2 is 2.08 bits per heavy atom. The molecule has 0 aliphatic carbocycles. The second-order valence-corrected chi connectivity index (χ2v) is 6.24. The van der Waals surface area contributed by atoms with Crippen LogP contribution in [0, 0.1) is 10.1 Å². The Morgan fingerprint density at radius 3 is 2.81 bits per heavy atom. The lowest BCUT2D eigenvalue weighted by molar-refractivity contribution is -0.384. The maximum Gasteiger partial charge on any atom is 0.270 e. The van der Waals surface area contributed by atoms with Crippen LogP contribution >= 0.6 is 0 Å². The van der Waals surface area contributed by atoms with Crippen LogP contribution in [0.2, 0.25) is 0 Å². The molecule has 0 spiro atoms. The van der Waals surface area contributed by atoms with Crippen LogP contribution in [0.3, 0.4) is 0 Å². The number of hydrogen-bond acceptors (Lipinski definition) is 5. The Morgan fingerprint density at radius 1 is 1.31 bits per heavy atom. The summed E-state index contributed by atoms with van der Waals surface area (Å²) >= 11 is 0. The van der Waals surface area contributed by atoms with Crippen molar-refractivity contribution in [2.45, 2.75) is 13.0 Å². The minimum Gasteiger partial charge on any atom is -0.485 e. The van der Waals surface area contributed by atoms with E-state index in [1.165, 1.54) is 18.2 Å². The molecule has 2 aromatic rings. The van der Waals surface area contributed by atoms with Gasteiger partial charge in [-0.05, 0) is 25.1 Å². The molecular weight excluding hydrogens is 334 g/mol. The topological polar surface area (TPSA) is 75.9 Å². The van der Waals surface area contributed by atoms with E-state index in [-0.39, 0.29) is 17.7 Å². The molecule has 7 heteroatoms. The number of amides is 1. The third-order valence-corrected chi connectivity index (χ3v) is 4.43. The second kappa shape index (κ2) is 7.43. The number of likely N-dealkylation sites (N-methyl/N-ethyl adjacent to an activating group) is 2. The number of nitrogens with zero attached hydrogens (tertiary/aromatic N) is 3. The van der Waals surface area contributed by atoms with Gasteiger partial charge in [0, 0.05) is 31.3 Å². The number of carbonyl (C=O) groups is 1. The lowest BCUT2D eigenvalue weighted by Gasteiger charge is -2.37. The van der Waals surface area contributed by atoms with Crippen molar-refractivity contribution in [3.05, 3.63) is 64.2 Å². The molecule has 7 nitrogen and oxygen atoms in total. The molecule has 1 unspecified atom stereocenters. The highest BCUT2D eigenvalue weighted by molar-refractivity contribution is 5.94. The molecule has 2 aromatic carbocycles. The van der Waals surface area contributed by atoms with E-state index < -0.39 is 4.92 Å². The molecule has 1 aliphatic rings. The Hall–Kier alpha value is -3.09. The highest BCUT2D eigenvalue weighted by atomic mass is 16.6. The molecule has 3 rings (SSSR count). The van der Waals surface area contributed by atoms with Gasteiger partial charge in [0.1, 0.15) is 11.9 Å². The van der Waals surface area contributed by atoms with Gasteiger partial charge in [-0.15, -0.1) is 0 Å². The van der Waals surface area contributed by atoms with Crippen LogP contribution in [-0.4, -0.2) is 48.5 Å². The summed E-state index contributed by atoms with van der Waals surface area (Å²) in [5, 5.41) is 10.9. The molecule has 1 amide bonds. The molecule has 0 saturated carbocycles. The summed E-state index contributed by atoms with van der Waals surface area (Å²) in [5.41, 5.74) is 1.26. The van der Waals surface area contributed by atoms with Gasteiger partial charge in [0.15, 0.2) is 0 Å². The highest BCUT2D eigenvalue weighted by Crippen LogP contribution is 2.32. The van der Waals surface area contributed by atoms with Crippen LogP contribution in [0.1, 0.15) is 17.3 Å². The summed E-state index contributed by atoms with van der Waals surface area (Å²) in [6, 6.07) is 13.6. The van der Waals surface area contributed by atoms with E-state index in [9.17, 15) is 14.9 Å². The molecule has 0 aromatic heterocycles. The van der Waals surface area contributed by atoms with Crippen molar-refractivity contribution in [2.24, 2.45) is 0 Å². The Bertz CT molecular complexity index is 824.